The second-order valence-electron chi connectivity index (χ2n) is 7.79. The van der Waals surface area contributed by atoms with Gasteiger partial charge in [-0.05, 0) is 52.9 Å². The van der Waals surface area contributed by atoms with Crippen molar-refractivity contribution in [2.24, 2.45) is 4.99 Å². The van der Waals surface area contributed by atoms with E-state index in [9.17, 15) is 4.79 Å². The summed E-state index contributed by atoms with van der Waals surface area (Å²) < 4.78 is 11.2. The molecule has 2 aliphatic rings. The van der Waals surface area contributed by atoms with E-state index in [1.165, 1.54) is 0 Å². The van der Waals surface area contributed by atoms with Gasteiger partial charge in [0.15, 0.2) is 5.96 Å². The van der Waals surface area contributed by atoms with Crippen LogP contribution in [-0.4, -0.2) is 68.0 Å². The van der Waals surface area contributed by atoms with Crippen LogP contribution in [0.1, 0.15) is 52.9 Å². The molecular weight excluding hydrogens is 447 g/mol. The van der Waals surface area contributed by atoms with Gasteiger partial charge in [-0.2, -0.15) is 0 Å². The molecule has 1 amide bonds. The average Bonchev–Trinajstić information content (AvgIpc) is 3.07. The molecule has 152 valence electrons. The quantitative estimate of drug-likeness (QED) is 0.366. The third kappa shape index (κ3) is 7.85. The Morgan fingerprint density at radius 3 is 2.54 bits per heavy atom. The van der Waals surface area contributed by atoms with Crippen molar-refractivity contribution >= 4 is 36.0 Å². The standard InChI is InChI=1S/C18H34N4O3.HI/c1-18(2,3)25-17(23)22-10-6-5-8-14(22)12-20-16(19-4)21-13-15-9-7-11-24-15;/h14-15H,5-13H2,1-4H3,(H2,19,20,21);1H. The SMILES string of the molecule is CN=C(NCC1CCCO1)NCC1CCCCN1C(=O)OC(C)(C)C.I. The second-order valence-corrected chi connectivity index (χ2v) is 7.79. The van der Waals surface area contributed by atoms with Crippen LogP contribution in [0.25, 0.3) is 0 Å². The molecule has 0 saturated carbocycles. The van der Waals surface area contributed by atoms with Crippen molar-refractivity contribution in [3.8, 4) is 0 Å². The Labute approximate surface area is 174 Å². The molecule has 26 heavy (non-hydrogen) atoms. The zero-order chi connectivity index (χ0) is 18.3. The monoisotopic (exact) mass is 482 g/mol. The number of nitrogens with one attached hydrogen (secondary N) is 2. The van der Waals surface area contributed by atoms with Gasteiger partial charge in [0, 0.05) is 33.3 Å². The molecule has 0 radical (unpaired) electrons. The molecule has 2 atom stereocenters. The van der Waals surface area contributed by atoms with E-state index in [-0.39, 0.29) is 42.2 Å². The van der Waals surface area contributed by atoms with Crippen LogP contribution >= 0.6 is 24.0 Å². The lowest BCUT2D eigenvalue weighted by Gasteiger charge is -2.37. The topological polar surface area (TPSA) is 75.2 Å². The van der Waals surface area contributed by atoms with Gasteiger partial charge >= 0.3 is 6.09 Å². The number of aliphatic imine (C=N–C) groups is 1. The number of ether oxygens (including phenoxy) is 2. The lowest BCUT2D eigenvalue weighted by Crippen LogP contribution is -2.52. The van der Waals surface area contributed by atoms with E-state index in [1.807, 2.05) is 25.7 Å². The molecule has 2 fully saturated rings. The van der Waals surface area contributed by atoms with Gasteiger partial charge in [-0.15, -0.1) is 24.0 Å². The Hall–Kier alpha value is -0.770. The molecule has 2 saturated heterocycles. The minimum atomic E-state index is -0.467. The molecule has 2 rings (SSSR count). The van der Waals surface area contributed by atoms with Gasteiger partial charge in [-0.25, -0.2) is 4.79 Å². The van der Waals surface area contributed by atoms with E-state index in [2.05, 4.69) is 15.6 Å². The first-order chi connectivity index (χ1) is 11.9. The highest BCUT2D eigenvalue weighted by molar-refractivity contribution is 14.0. The first-order valence-corrected chi connectivity index (χ1v) is 9.45. The van der Waals surface area contributed by atoms with Gasteiger partial charge < -0.3 is 25.0 Å². The molecule has 2 heterocycles. The number of halogens is 1. The minimum Gasteiger partial charge on any atom is -0.444 e. The zero-order valence-corrected chi connectivity index (χ0v) is 18.9. The minimum absolute atomic E-state index is 0. The maximum atomic E-state index is 12.5. The van der Waals surface area contributed by atoms with Crippen LogP contribution in [0.3, 0.4) is 0 Å². The Morgan fingerprint density at radius 1 is 1.19 bits per heavy atom. The Kier molecular flexibility index (Phi) is 9.99. The van der Waals surface area contributed by atoms with Gasteiger partial charge in [0.1, 0.15) is 5.60 Å². The largest absolute Gasteiger partial charge is 0.444 e. The van der Waals surface area contributed by atoms with E-state index in [4.69, 9.17) is 9.47 Å². The summed E-state index contributed by atoms with van der Waals surface area (Å²) in [6.45, 7) is 8.75. The van der Waals surface area contributed by atoms with Crippen LogP contribution in [0.5, 0.6) is 0 Å². The molecule has 0 aromatic heterocycles. The highest BCUT2D eigenvalue weighted by atomic mass is 127. The normalized spacial score (nSPS) is 24.0. The smallest absolute Gasteiger partial charge is 0.410 e. The number of likely N-dealkylation sites (tertiary alicyclic amines) is 1. The van der Waals surface area contributed by atoms with Crippen LogP contribution in [-0.2, 0) is 9.47 Å². The van der Waals surface area contributed by atoms with Crippen molar-refractivity contribution in [2.75, 3.05) is 33.3 Å². The summed E-state index contributed by atoms with van der Waals surface area (Å²) in [5.74, 6) is 0.755. The molecular formula is C18H35IN4O3. The molecule has 0 aromatic carbocycles. The molecule has 0 aromatic rings. The third-order valence-electron chi connectivity index (χ3n) is 4.51. The molecule has 2 unspecified atom stereocenters. The van der Waals surface area contributed by atoms with Gasteiger partial charge in [0.25, 0.3) is 0 Å². The van der Waals surface area contributed by atoms with Crippen LogP contribution in [0.2, 0.25) is 0 Å². The first-order valence-electron chi connectivity index (χ1n) is 9.45. The maximum absolute atomic E-state index is 12.5. The van der Waals surface area contributed by atoms with Crippen LogP contribution in [0.4, 0.5) is 4.79 Å². The van der Waals surface area contributed by atoms with E-state index in [0.717, 1.165) is 57.8 Å². The number of carbonyl (C=O) groups excluding carboxylic acids is 1. The van der Waals surface area contributed by atoms with Gasteiger partial charge in [0.05, 0.1) is 12.1 Å². The van der Waals surface area contributed by atoms with E-state index in [1.54, 1.807) is 7.05 Å². The van der Waals surface area contributed by atoms with E-state index >= 15 is 0 Å². The van der Waals surface area contributed by atoms with Crippen molar-refractivity contribution in [1.82, 2.24) is 15.5 Å². The second kappa shape index (κ2) is 11.2. The van der Waals surface area contributed by atoms with Gasteiger partial charge in [-0.3, -0.25) is 4.99 Å². The number of amides is 1. The van der Waals surface area contributed by atoms with Gasteiger partial charge in [0.2, 0.25) is 0 Å². The van der Waals surface area contributed by atoms with Gasteiger partial charge in [-0.1, -0.05) is 0 Å². The van der Waals surface area contributed by atoms with Crippen LogP contribution in [0, 0.1) is 0 Å². The highest BCUT2D eigenvalue weighted by Crippen LogP contribution is 2.20. The summed E-state index contributed by atoms with van der Waals surface area (Å²) in [4.78, 5) is 18.6. The van der Waals surface area contributed by atoms with Crippen molar-refractivity contribution < 1.29 is 14.3 Å². The number of carbonyl (C=O) groups is 1. The predicted molar refractivity (Wildman–Crippen MR) is 114 cm³/mol. The summed E-state index contributed by atoms with van der Waals surface area (Å²) in [7, 11) is 1.76. The fraction of sp³-hybridized carbons (Fsp3) is 0.889. The lowest BCUT2D eigenvalue weighted by atomic mass is 10.0. The molecule has 0 spiro atoms. The summed E-state index contributed by atoms with van der Waals surface area (Å²) in [5.41, 5.74) is -0.467. The summed E-state index contributed by atoms with van der Waals surface area (Å²) in [6.07, 6.45) is 5.42. The molecule has 8 heteroatoms. The Bertz CT molecular complexity index is 462. The molecule has 7 nitrogen and oxygen atoms in total. The predicted octanol–water partition coefficient (Wildman–Crippen LogP) is 2.74. The lowest BCUT2D eigenvalue weighted by molar-refractivity contribution is 0.0104. The Balaban J connectivity index is 0.00000338. The van der Waals surface area contributed by atoms with Crippen molar-refractivity contribution in [1.29, 1.82) is 0 Å². The number of nitrogens with zero attached hydrogens (tertiary/aromatic N) is 2. The van der Waals surface area contributed by atoms with Crippen LogP contribution in [0.15, 0.2) is 4.99 Å². The molecule has 0 bridgehead atoms. The number of rotatable bonds is 4. The fourth-order valence-electron chi connectivity index (χ4n) is 3.22. The number of piperidine rings is 1. The summed E-state index contributed by atoms with van der Waals surface area (Å²) in [6, 6.07) is 0.130. The average molecular weight is 482 g/mol. The maximum Gasteiger partial charge on any atom is 0.410 e. The van der Waals surface area contributed by atoms with Crippen molar-refractivity contribution in [3.05, 3.63) is 0 Å². The van der Waals surface area contributed by atoms with Crippen LogP contribution < -0.4 is 10.6 Å². The zero-order valence-electron chi connectivity index (χ0n) is 16.5. The third-order valence-corrected chi connectivity index (χ3v) is 4.51. The summed E-state index contributed by atoms with van der Waals surface area (Å²) >= 11 is 0. The number of hydrogen-bond acceptors (Lipinski definition) is 4. The molecule has 0 aliphatic carbocycles. The fourth-order valence-corrected chi connectivity index (χ4v) is 3.22. The number of guanidine groups is 1. The molecule has 2 N–H and O–H groups in total. The summed E-state index contributed by atoms with van der Waals surface area (Å²) in [5, 5.41) is 6.66. The number of hydrogen-bond donors (Lipinski definition) is 2. The van der Waals surface area contributed by atoms with Crippen molar-refractivity contribution in [2.45, 2.75) is 70.6 Å². The first kappa shape index (κ1) is 23.3. The van der Waals surface area contributed by atoms with Crippen molar-refractivity contribution in [3.63, 3.8) is 0 Å². The highest BCUT2D eigenvalue weighted by Gasteiger charge is 2.30. The van der Waals surface area contributed by atoms with E-state index < -0.39 is 5.60 Å². The Morgan fingerprint density at radius 2 is 1.92 bits per heavy atom. The molecule has 2 aliphatic heterocycles. The van der Waals surface area contributed by atoms with E-state index in [0.29, 0.717) is 6.54 Å².